The molecule has 0 spiro atoms. The zero-order valence-electron chi connectivity index (χ0n) is 18.8. The van der Waals surface area contributed by atoms with Gasteiger partial charge in [-0.2, -0.15) is 0 Å². The first-order valence-electron chi connectivity index (χ1n) is 12.2. The Hall–Kier alpha value is -0.843. The molecule has 5 heteroatoms. The molecule has 2 saturated carbocycles. The van der Waals surface area contributed by atoms with Crippen molar-refractivity contribution in [2.45, 2.75) is 128 Å². The highest BCUT2D eigenvalue weighted by Crippen LogP contribution is 2.49. The Morgan fingerprint density at radius 3 is 1.79 bits per heavy atom. The molecule has 0 N–H and O–H groups in total. The number of nitrogens with zero attached hydrogens (tertiary/aromatic N) is 2. The Morgan fingerprint density at radius 2 is 1.32 bits per heavy atom. The van der Waals surface area contributed by atoms with Gasteiger partial charge in [-0.25, -0.2) is 4.79 Å². The number of hydrogen-bond acceptors (Lipinski definition) is 2. The van der Waals surface area contributed by atoms with Crippen LogP contribution in [0.1, 0.15) is 98.3 Å². The lowest BCUT2D eigenvalue weighted by molar-refractivity contribution is -0.137. The topological polar surface area (TPSA) is 40.6 Å². The number of carbonyl (C=O) groups is 2. The number of hydrogen-bond donors (Lipinski definition) is 0. The fourth-order valence-corrected chi connectivity index (χ4v) is 11.0. The Bertz CT molecular complexity index is 557. The van der Waals surface area contributed by atoms with Crippen molar-refractivity contribution in [3.63, 3.8) is 0 Å². The smallest absolute Gasteiger partial charge is 0.319 e. The average molecular weight is 407 g/mol. The minimum Gasteiger partial charge on any atom is -0.337 e. The SMILES string of the molecule is CCC1(C2CCCCC2)C(=O)N(C2CCCCC2)C(=O)N1[Si](CC)(CC)CC. The molecule has 4 nitrogen and oxygen atoms in total. The van der Waals surface area contributed by atoms with Crippen LogP contribution in [0.5, 0.6) is 0 Å². The van der Waals surface area contributed by atoms with Crippen LogP contribution in [0.2, 0.25) is 18.1 Å². The van der Waals surface area contributed by atoms with Crippen LogP contribution in [-0.2, 0) is 4.79 Å². The van der Waals surface area contributed by atoms with Crippen molar-refractivity contribution in [2.75, 3.05) is 0 Å². The second-order valence-electron chi connectivity index (χ2n) is 9.48. The average Bonchev–Trinajstić information content (AvgIpc) is 2.99. The van der Waals surface area contributed by atoms with Crippen LogP contribution < -0.4 is 0 Å². The number of urea groups is 1. The maximum absolute atomic E-state index is 14.2. The van der Waals surface area contributed by atoms with Gasteiger partial charge in [-0.05, 0) is 56.2 Å². The Balaban J connectivity index is 2.10. The summed E-state index contributed by atoms with van der Waals surface area (Å²) in [4.78, 5) is 30.0. The molecule has 1 atom stereocenters. The molecule has 1 aliphatic heterocycles. The highest BCUT2D eigenvalue weighted by Gasteiger charge is 2.65. The minimum atomic E-state index is -2.01. The molecule has 3 amide bonds. The molecule has 0 bridgehead atoms. The van der Waals surface area contributed by atoms with E-state index in [9.17, 15) is 9.59 Å². The molecule has 0 radical (unpaired) electrons. The molecule has 3 fully saturated rings. The van der Waals surface area contributed by atoms with Crippen LogP contribution >= 0.6 is 0 Å². The third-order valence-corrected chi connectivity index (χ3v) is 14.1. The number of rotatable bonds is 7. The summed E-state index contributed by atoms with van der Waals surface area (Å²) in [6, 6.07) is 3.43. The van der Waals surface area contributed by atoms with E-state index >= 15 is 0 Å². The molecular formula is C23H42N2O2Si. The van der Waals surface area contributed by atoms with E-state index in [4.69, 9.17) is 0 Å². The van der Waals surface area contributed by atoms with Crippen molar-refractivity contribution in [1.82, 2.24) is 9.47 Å². The van der Waals surface area contributed by atoms with E-state index in [2.05, 4.69) is 32.3 Å². The van der Waals surface area contributed by atoms with E-state index in [1.54, 1.807) is 4.90 Å². The molecule has 0 aromatic heterocycles. The van der Waals surface area contributed by atoms with Crippen molar-refractivity contribution in [3.8, 4) is 0 Å². The van der Waals surface area contributed by atoms with Crippen LogP contribution in [0.15, 0.2) is 0 Å². The highest BCUT2D eigenvalue weighted by atomic mass is 28.3. The lowest BCUT2D eigenvalue weighted by atomic mass is 9.73. The monoisotopic (exact) mass is 406 g/mol. The standard InChI is InChI=1S/C23H42N2O2Si/c1-5-23(19-15-11-9-12-16-19)21(26)24(20-17-13-10-14-18-20)22(27)25(23)28(6-2,7-3)8-4/h19-20H,5-18H2,1-4H3. The van der Waals surface area contributed by atoms with Crippen molar-refractivity contribution < 1.29 is 9.59 Å². The zero-order chi connectivity index (χ0) is 20.4. The largest absolute Gasteiger partial charge is 0.337 e. The normalized spacial score (nSPS) is 28.4. The van der Waals surface area contributed by atoms with Crippen LogP contribution in [0.4, 0.5) is 4.79 Å². The zero-order valence-corrected chi connectivity index (χ0v) is 19.8. The van der Waals surface area contributed by atoms with Crippen LogP contribution in [0.25, 0.3) is 0 Å². The maximum atomic E-state index is 14.2. The van der Waals surface area contributed by atoms with Gasteiger partial charge >= 0.3 is 6.03 Å². The van der Waals surface area contributed by atoms with Gasteiger partial charge in [0.1, 0.15) is 5.54 Å². The van der Waals surface area contributed by atoms with Gasteiger partial charge in [-0.1, -0.05) is 66.2 Å². The highest BCUT2D eigenvalue weighted by molar-refractivity contribution is 6.79. The van der Waals surface area contributed by atoms with Crippen molar-refractivity contribution in [2.24, 2.45) is 5.92 Å². The predicted octanol–water partition coefficient (Wildman–Crippen LogP) is 6.32. The molecule has 2 aliphatic carbocycles. The summed E-state index contributed by atoms with van der Waals surface area (Å²) in [5.74, 6) is 0.541. The van der Waals surface area contributed by atoms with Crippen molar-refractivity contribution >= 4 is 20.2 Å². The van der Waals surface area contributed by atoms with Gasteiger partial charge in [0.05, 0.1) is 0 Å². The molecule has 3 aliphatic rings. The fraction of sp³-hybridized carbons (Fsp3) is 0.913. The summed E-state index contributed by atoms with van der Waals surface area (Å²) >= 11 is 0. The molecule has 1 saturated heterocycles. The van der Waals surface area contributed by atoms with E-state index in [0.29, 0.717) is 5.92 Å². The number of carbonyl (C=O) groups excluding carboxylic acids is 2. The summed E-state index contributed by atoms with van der Waals surface area (Å²) in [6.07, 6.45) is 12.3. The predicted molar refractivity (Wildman–Crippen MR) is 118 cm³/mol. The van der Waals surface area contributed by atoms with Gasteiger partial charge in [0.2, 0.25) is 0 Å². The molecule has 1 heterocycles. The van der Waals surface area contributed by atoms with E-state index in [-0.39, 0.29) is 18.0 Å². The Kier molecular flexibility index (Phi) is 6.94. The van der Waals surface area contributed by atoms with Gasteiger partial charge in [0.15, 0.2) is 8.24 Å². The second kappa shape index (κ2) is 8.89. The summed E-state index contributed by atoms with van der Waals surface area (Å²) in [5, 5.41) is 0. The summed E-state index contributed by atoms with van der Waals surface area (Å²) < 4.78 is 2.30. The fourth-order valence-electron chi connectivity index (χ4n) is 6.72. The Labute approximate surface area is 173 Å². The van der Waals surface area contributed by atoms with Crippen molar-refractivity contribution in [1.29, 1.82) is 0 Å². The van der Waals surface area contributed by atoms with E-state index in [1.165, 1.54) is 25.7 Å². The number of amides is 3. The van der Waals surface area contributed by atoms with Gasteiger partial charge in [0.25, 0.3) is 5.91 Å². The Morgan fingerprint density at radius 1 is 0.821 bits per heavy atom. The minimum absolute atomic E-state index is 0.0986. The summed E-state index contributed by atoms with van der Waals surface area (Å²) in [7, 11) is -2.01. The van der Waals surface area contributed by atoms with Crippen LogP contribution in [-0.4, -0.2) is 41.2 Å². The lowest BCUT2D eigenvalue weighted by Gasteiger charge is -2.51. The molecule has 0 aromatic carbocycles. The molecular weight excluding hydrogens is 364 g/mol. The molecule has 3 rings (SSSR count). The summed E-state index contributed by atoms with van der Waals surface area (Å²) in [6.45, 7) is 8.97. The third-order valence-electron chi connectivity index (χ3n) is 8.59. The van der Waals surface area contributed by atoms with E-state index in [0.717, 1.165) is 63.1 Å². The number of imide groups is 1. The van der Waals surface area contributed by atoms with E-state index in [1.807, 2.05) is 0 Å². The molecule has 28 heavy (non-hydrogen) atoms. The van der Waals surface area contributed by atoms with Crippen LogP contribution in [0.3, 0.4) is 0 Å². The first-order chi connectivity index (χ1) is 13.5. The third kappa shape index (κ3) is 3.26. The second-order valence-corrected chi connectivity index (χ2v) is 14.5. The van der Waals surface area contributed by atoms with Crippen molar-refractivity contribution in [3.05, 3.63) is 0 Å². The van der Waals surface area contributed by atoms with Gasteiger partial charge in [-0.15, -0.1) is 0 Å². The first-order valence-corrected chi connectivity index (χ1v) is 14.8. The van der Waals surface area contributed by atoms with E-state index < -0.39 is 13.8 Å². The maximum Gasteiger partial charge on any atom is 0.319 e. The molecule has 160 valence electrons. The molecule has 1 unspecified atom stereocenters. The van der Waals surface area contributed by atoms with Crippen LogP contribution in [0, 0.1) is 5.92 Å². The molecule has 0 aromatic rings. The quantitative estimate of drug-likeness (QED) is 0.367. The first kappa shape index (κ1) is 21.9. The van der Waals surface area contributed by atoms with Gasteiger partial charge < -0.3 is 4.57 Å². The van der Waals surface area contributed by atoms with Gasteiger partial charge in [0, 0.05) is 6.04 Å². The summed E-state index contributed by atoms with van der Waals surface area (Å²) in [5.41, 5.74) is -0.552. The lowest BCUT2D eigenvalue weighted by Crippen LogP contribution is -2.66. The van der Waals surface area contributed by atoms with Gasteiger partial charge in [-0.3, -0.25) is 9.69 Å².